The van der Waals surface area contributed by atoms with Crippen LogP contribution >= 0.6 is 0 Å². The fourth-order valence-electron chi connectivity index (χ4n) is 3.78. The number of nitrogens with one attached hydrogen (secondary N) is 1. The number of urea groups is 1. The molecule has 3 amide bonds. The van der Waals surface area contributed by atoms with Gasteiger partial charge in [0.25, 0.3) is 5.91 Å². The molecule has 7 nitrogen and oxygen atoms in total. The van der Waals surface area contributed by atoms with E-state index in [0.29, 0.717) is 31.7 Å². The first-order valence-corrected chi connectivity index (χ1v) is 11.7. The highest BCUT2D eigenvalue weighted by molar-refractivity contribution is 7.91. The van der Waals surface area contributed by atoms with Crippen molar-refractivity contribution in [3.63, 3.8) is 0 Å². The van der Waals surface area contributed by atoms with Gasteiger partial charge in [0.2, 0.25) is 0 Å². The summed E-state index contributed by atoms with van der Waals surface area (Å²) < 4.78 is 23.8. The van der Waals surface area contributed by atoms with Crippen LogP contribution in [0, 0.1) is 0 Å². The molecule has 1 N–H and O–H groups in total. The lowest BCUT2D eigenvalue weighted by Gasteiger charge is -2.36. The van der Waals surface area contributed by atoms with Gasteiger partial charge in [0.05, 0.1) is 10.6 Å². The van der Waals surface area contributed by atoms with E-state index in [1.54, 1.807) is 28.9 Å². The van der Waals surface area contributed by atoms with Crippen molar-refractivity contribution >= 4 is 21.8 Å². The highest BCUT2D eigenvalue weighted by Gasteiger charge is 2.26. The number of carbonyl (C=O) groups is 2. The summed E-state index contributed by atoms with van der Waals surface area (Å²) in [6.45, 7) is 3.56. The quantitative estimate of drug-likeness (QED) is 0.830. The van der Waals surface area contributed by atoms with Crippen LogP contribution in [0.3, 0.4) is 0 Å². The maximum absolute atomic E-state index is 12.7. The Kier molecular flexibility index (Phi) is 6.59. The van der Waals surface area contributed by atoms with E-state index in [1.807, 2.05) is 0 Å². The smallest absolute Gasteiger partial charge is 0.317 e. The molecule has 1 aromatic rings. The molecule has 0 spiro atoms. The van der Waals surface area contributed by atoms with Gasteiger partial charge in [-0.1, -0.05) is 26.2 Å². The Morgan fingerprint density at radius 2 is 1.54 bits per heavy atom. The van der Waals surface area contributed by atoms with E-state index in [-0.39, 0.29) is 28.6 Å². The summed E-state index contributed by atoms with van der Waals surface area (Å²) in [4.78, 5) is 28.8. The summed E-state index contributed by atoms with van der Waals surface area (Å²) in [5.41, 5.74) is 0.468. The van der Waals surface area contributed by atoms with Gasteiger partial charge in [-0.15, -0.1) is 0 Å². The fraction of sp³-hybridized carbons (Fsp3) is 0.600. The standard InChI is InChI=1S/C20H29N3O4S/c1-2-28(26,27)18-10-8-16(9-11-18)19(24)22-12-14-23(15-13-22)20(25)21-17-6-4-3-5-7-17/h8-11,17H,2-7,12-15H2,1H3,(H,21,25). The molecule has 8 heteroatoms. The van der Waals surface area contributed by atoms with E-state index < -0.39 is 9.84 Å². The minimum absolute atomic E-state index is 0.0329. The third kappa shape index (κ3) is 4.84. The summed E-state index contributed by atoms with van der Waals surface area (Å²) in [7, 11) is -3.27. The second kappa shape index (κ2) is 8.94. The minimum atomic E-state index is -3.27. The fourth-order valence-corrected chi connectivity index (χ4v) is 4.66. The Labute approximate surface area is 167 Å². The third-order valence-corrected chi connectivity index (χ3v) is 7.38. The molecular weight excluding hydrogens is 378 g/mol. The zero-order valence-electron chi connectivity index (χ0n) is 16.4. The average Bonchev–Trinajstić information content (AvgIpc) is 2.74. The first-order valence-electron chi connectivity index (χ1n) is 10.1. The van der Waals surface area contributed by atoms with E-state index in [1.165, 1.54) is 31.4 Å². The molecule has 154 valence electrons. The Balaban J connectivity index is 1.52. The van der Waals surface area contributed by atoms with Crippen molar-refractivity contribution in [1.82, 2.24) is 15.1 Å². The number of rotatable bonds is 4. The van der Waals surface area contributed by atoms with Gasteiger partial charge in [-0.2, -0.15) is 0 Å². The van der Waals surface area contributed by atoms with Crippen molar-refractivity contribution in [3.05, 3.63) is 29.8 Å². The highest BCUT2D eigenvalue weighted by Crippen LogP contribution is 2.18. The number of hydrogen-bond acceptors (Lipinski definition) is 4. The van der Waals surface area contributed by atoms with Gasteiger partial charge in [0.1, 0.15) is 0 Å². The van der Waals surface area contributed by atoms with Crippen LogP contribution in [0.25, 0.3) is 0 Å². The second-order valence-electron chi connectivity index (χ2n) is 7.49. The van der Waals surface area contributed by atoms with Crippen molar-refractivity contribution in [2.24, 2.45) is 0 Å². The SMILES string of the molecule is CCS(=O)(=O)c1ccc(C(=O)N2CCN(C(=O)NC3CCCCC3)CC2)cc1. The van der Waals surface area contributed by atoms with Crippen LogP contribution in [0.1, 0.15) is 49.4 Å². The lowest BCUT2D eigenvalue weighted by Crippen LogP contribution is -2.54. The zero-order chi connectivity index (χ0) is 20.1. The maximum Gasteiger partial charge on any atom is 0.317 e. The largest absolute Gasteiger partial charge is 0.335 e. The predicted molar refractivity (Wildman–Crippen MR) is 107 cm³/mol. The number of nitrogens with zero attached hydrogens (tertiary/aromatic N) is 2. The van der Waals surface area contributed by atoms with Gasteiger partial charge in [-0.3, -0.25) is 4.79 Å². The molecule has 0 radical (unpaired) electrons. The molecule has 1 saturated heterocycles. The molecule has 1 saturated carbocycles. The number of amides is 3. The van der Waals surface area contributed by atoms with Crippen LogP contribution in [0.4, 0.5) is 4.79 Å². The van der Waals surface area contributed by atoms with Crippen LogP contribution in [0.5, 0.6) is 0 Å². The summed E-state index contributed by atoms with van der Waals surface area (Å²) in [6, 6.07) is 6.34. The van der Waals surface area contributed by atoms with Crippen molar-refractivity contribution < 1.29 is 18.0 Å². The van der Waals surface area contributed by atoms with Gasteiger partial charge < -0.3 is 15.1 Å². The van der Waals surface area contributed by atoms with Gasteiger partial charge in [-0.25, -0.2) is 13.2 Å². The average molecular weight is 408 g/mol. The van der Waals surface area contributed by atoms with Crippen molar-refractivity contribution in [2.75, 3.05) is 31.9 Å². The molecule has 0 unspecified atom stereocenters. The number of hydrogen-bond donors (Lipinski definition) is 1. The summed E-state index contributed by atoms with van der Waals surface area (Å²) >= 11 is 0. The van der Waals surface area contributed by atoms with E-state index in [9.17, 15) is 18.0 Å². The number of benzene rings is 1. The van der Waals surface area contributed by atoms with E-state index in [4.69, 9.17) is 0 Å². The molecule has 0 aromatic heterocycles. The summed E-state index contributed by atoms with van der Waals surface area (Å²) in [6.07, 6.45) is 5.69. The maximum atomic E-state index is 12.7. The molecule has 2 aliphatic rings. The van der Waals surface area contributed by atoms with Gasteiger partial charge >= 0.3 is 6.03 Å². The predicted octanol–water partition coefficient (Wildman–Crippen LogP) is 2.28. The van der Waals surface area contributed by atoms with E-state index in [0.717, 1.165) is 12.8 Å². The molecule has 1 aliphatic heterocycles. The third-order valence-electron chi connectivity index (χ3n) is 5.63. The van der Waals surface area contributed by atoms with Crippen molar-refractivity contribution in [1.29, 1.82) is 0 Å². The Morgan fingerprint density at radius 1 is 0.964 bits per heavy atom. The van der Waals surface area contributed by atoms with Crippen LogP contribution in [0.15, 0.2) is 29.2 Å². The summed E-state index contributed by atoms with van der Waals surface area (Å²) in [5.74, 6) is -0.0988. The van der Waals surface area contributed by atoms with Crippen LogP contribution in [-0.2, 0) is 9.84 Å². The van der Waals surface area contributed by atoms with Gasteiger partial charge in [0, 0.05) is 37.8 Å². The Hall–Kier alpha value is -2.09. The van der Waals surface area contributed by atoms with E-state index in [2.05, 4.69) is 5.32 Å². The normalized spacial score (nSPS) is 18.8. The Bertz CT molecular complexity index is 793. The van der Waals surface area contributed by atoms with Gasteiger partial charge in [0.15, 0.2) is 9.84 Å². The topological polar surface area (TPSA) is 86.8 Å². The molecule has 3 rings (SSSR count). The molecule has 0 bridgehead atoms. The van der Waals surface area contributed by atoms with Crippen molar-refractivity contribution in [2.45, 2.75) is 50.0 Å². The first-order chi connectivity index (χ1) is 13.4. The van der Waals surface area contributed by atoms with Crippen LogP contribution in [0.2, 0.25) is 0 Å². The lowest BCUT2D eigenvalue weighted by atomic mass is 9.96. The van der Waals surface area contributed by atoms with Crippen LogP contribution in [-0.4, -0.2) is 68.1 Å². The monoisotopic (exact) mass is 407 g/mol. The number of carbonyl (C=O) groups excluding carboxylic acids is 2. The molecule has 0 atom stereocenters. The summed E-state index contributed by atoms with van der Waals surface area (Å²) in [5, 5.41) is 3.12. The zero-order valence-corrected chi connectivity index (χ0v) is 17.2. The molecule has 2 fully saturated rings. The Morgan fingerprint density at radius 3 is 2.11 bits per heavy atom. The minimum Gasteiger partial charge on any atom is -0.335 e. The molecular formula is C20H29N3O4S. The highest BCUT2D eigenvalue weighted by atomic mass is 32.2. The number of piperazine rings is 1. The van der Waals surface area contributed by atoms with Gasteiger partial charge in [-0.05, 0) is 37.1 Å². The molecule has 1 aliphatic carbocycles. The first kappa shape index (κ1) is 20.6. The lowest BCUT2D eigenvalue weighted by molar-refractivity contribution is 0.0662. The molecule has 1 heterocycles. The van der Waals surface area contributed by atoms with E-state index >= 15 is 0 Å². The van der Waals surface area contributed by atoms with Crippen molar-refractivity contribution in [3.8, 4) is 0 Å². The molecule has 1 aromatic carbocycles. The second-order valence-corrected chi connectivity index (χ2v) is 9.77. The number of sulfone groups is 1. The molecule has 28 heavy (non-hydrogen) atoms. The van der Waals surface area contributed by atoms with Crippen LogP contribution < -0.4 is 5.32 Å².